The highest BCUT2D eigenvalue weighted by Crippen LogP contribution is 2.16. The highest BCUT2D eigenvalue weighted by Gasteiger charge is 2.29. The van der Waals surface area contributed by atoms with Gasteiger partial charge < -0.3 is 19.9 Å². The van der Waals surface area contributed by atoms with Gasteiger partial charge in [0.1, 0.15) is 0 Å². The van der Waals surface area contributed by atoms with E-state index in [4.69, 9.17) is 4.74 Å². The Bertz CT molecular complexity index is 364. The number of carbonyl (C=O) groups is 1. The van der Waals surface area contributed by atoms with Crippen LogP contribution in [0.3, 0.4) is 0 Å². The molecule has 0 aromatic rings. The second-order valence-electron chi connectivity index (χ2n) is 7.13. The number of carbonyl (C=O) groups excluding carboxylic acids is 1. The number of hydrogen-bond acceptors (Lipinski definition) is 4. The summed E-state index contributed by atoms with van der Waals surface area (Å²) in [6, 6.07) is 0.670. The summed E-state index contributed by atoms with van der Waals surface area (Å²) >= 11 is 0. The Balaban J connectivity index is 1.84. The third-order valence-corrected chi connectivity index (χ3v) is 4.70. The van der Waals surface area contributed by atoms with Crippen LogP contribution in [-0.2, 0) is 4.74 Å². The van der Waals surface area contributed by atoms with Crippen molar-refractivity contribution in [3.8, 4) is 0 Å². The molecule has 2 rings (SSSR count). The molecule has 128 valence electrons. The van der Waals surface area contributed by atoms with Crippen LogP contribution in [0.4, 0.5) is 4.79 Å². The Morgan fingerprint density at radius 3 is 2.73 bits per heavy atom. The molecule has 2 aliphatic heterocycles. The number of nitrogens with one attached hydrogen (secondary N) is 1. The van der Waals surface area contributed by atoms with E-state index in [0.29, 0.717) is 38.3 Å². The minimum Gasteiger partial charge on any atom is -0.377 e. The molecule has 0 unspecified atom stereocenters. The van der Waals surface area contributed by atoms with Crippen LogP contribution in [0.1, 0.15) is 20.3 Å². The van der Waals surface area contributed by atoms with E-state index in [1.165, 1.54) is 0 Å². The van der Waals surface area contributed by atoms with E-state index < -0.39 is 0 Å². The molecule has 2 saturated heterocycles. The molecule has 0 aromatic heterocycles. The van der Waals surface area contributed by atoms with E-state index in [0.717, 1.165) is 26.1 Å². The normalized spacial score (nSPS) is 28.1. The van der Waals surface area contributed by atoms with Gasteiger partial charge in [0.25, 0.3) is 0 Å². The van der Waals surface area contributed by atoms with Crippen LogP contribution in [0.2, 0.25) is 0 Å². The van der Waals surface area contributed by atoms with Crippen molar-refractivity contribution in [2.45, 2.75) is 32.4 Å². The van der Waals surface area contributed by atoms with Crippen LogP contribution in [0.25, 0.3) is 0 Å². The van der Waals surface area contributed by atoms with Crippen LogP contribution >= 0.6 is 0 Å². The van der Waals surface area contributed by atoms with Gasteiger partial charge in [0.2, 0.25) is 0 Å². The van der Waals surface area contributed by atoms with Gasteiger partial charge in [0.15, 0.2) is 0 Å². The van der Waals surface area contributed by atoms with E-state index in [1.807, 2.05) is 4.90 Å². The zero-order valence-corrected chi connectivity index (χ0v) is 14.5. The van der Waals surface area contributed by atoms with Gasteiger partial charge in [-0.1, -0.05) is 13.8 Å². The van der Waals surface area contributed by atoms with Gasteiger partial charge in [-0.25, -0.2) is 4.79 Å². The Hall–Kier alpha value is -0.850. The summed E-state index contributed by atoms with van der Waals surface area (Å²) in [5.74, 6) is 0.570. The molecule has 6 heteroatoms. The average Bonchev–Trinajstić information content (AvgIpc) is 2.48. The summed E-state index contributed by atoms with van der Waals surface area (Å²) in [6.07, 6.45) is 0.999. The second kappa shape index (κ2) is 8.13. The number of morpholine rings is 1. The summed E-state index contributed by atoms with van der Waals surface area (Å²) in [4.78, 5) is 19.2. The van der Waals surface area contributed by atoms with E-state index in [2.05, 4.69) is 43.1 Å². The summed E-state index contributed by atoms with van der Waals surface area (Å²) in [5, 5.41) is 3.14. The van der Waals surface area contributed by atoms with Gasteiger partial charge in [0.05, 0.1) is 19.3 Å². The molecule has 0 aromatic carbocycles. The van der Waals surface area contributed by atoms with Gasteiger partial charge >= 0.3 is 6.03 Å². The van der Waals surface area contributed by atoms with Crippen molar-refractivity contribution in [3.05, 3.63) is 0 Å². The summed E-state index contributed by atoms with van der Waals surface area (Å²) in [5.41, 5.74) is 0. The maximum absolute atomic E-state index is 12.5. The largest absolute Gasteiger partial charge is 0.377 e. The Morgan fingerprint density at radius 1 is 1.23 bits per heavy atom. The summed E-state index contributed by atoms with van der Waals surface area (Å²) in [7, 11) is 4.28. The molecule has 0 spiro atoms. The molecule has 0 saturated carbocycles. The molecule has 2 heterocycles. The Morgan fingerprint density at radius 2 is 2.00 bits per heavy atom. The molecule has 0 aliphatic carbocycles. The van der Waals surface area contributed by atoms with Crippen molar-refractivity contribution in [2.24, 2.45) is 5.92 Å². The lowest BCUT2D eigenvalue weighted by Gasteiger charge is -2.39. The van der Waals surface area contributed by atoms with Crippen molar-refractivity contribution in [3.63, 3.8) is 0 Å². The summed E-state index contributed by atoms with van der Waals surface area (Å²) < 4.78 is 5.55. The highest BCUT2D eigenvalue weighted by molar-refractivity contribution is 5.74. The lowest BCUT2D eigenvalue weighted by molar-refractivity contribution is 0.00495. The quantitative estimate of drug-likeness (QED) is 0.830. The number of amides is 2. The first kappa shape index (κ1) is 17.5. The molecule has 1 N–H and O–H groups in total. The second-order valence-corrected chi connectivity index (χ2v) is 7.13. The van der Waals surface area contributed by atoms with Crippen molar-refractivity contribution in [1.29, 1.82) is 0 Å². The van der Waals surface area contributed by atoms with Gasteiger partial charge in [0, 0.05) is 38.8 Å². The molecule has 0 bridgehead atoms. The lowest BCUT2D eigenvalue weighted by atomic mass is 10.0. The van der Waals surface area contributed by atoms with Crippen molar-refractivity contribution in [1.82, 2.24) is 20.0 Å². The van der Waals surface area contributed by atoms with Crippen molar-refractivity contribution in [2.75, 3.05) is 60.0 Å². The van der Waals surface area contributed by atoms with Crippen LogP contribution in [-0.4, -0.2) is 92.8 Å². The maximum atomic E-state index is 12.5. The predicted octanol–water partition coefficient (Wildman–Crippen LogP) is 0.689. The van der Waals surface area contributed by atoms with Crippen LogP contribution in [0.5, 0.6) is 0 Å². The van der Waals surface area contributed by atoms with Crippen LogP contribution in [0, 0.1) is 5.92 Å². The first-order chi connectivity index (χ1) is 10.5. The van der Waals surface area contributed by atoms with Gasteiger partial charge in [-0.05, 0) is 26.4 Å². The number of ether oxygens (including phenoxy) is 1. The molecular weight excluding hydrogens is 280 g/mol. The summed E-state index contributed by atoms with van der Waals surface area (Å²) in [6.45, 7) is 10.3. The van der Waals surface area contributed by atoms with E-state index in [9.17, 15) is 4.79 Å². The number of rotatable bonds is 4. The van der Waals surface area contributed by atoms with E-state index >= 15 is 0 Å². The van der Waals surface area contributed by atoms with Crippen molar-refractivity contribution >= 4 is 6.03 Å². The monoisotopic (exact) mass is 312 g/mol. The van der Waals surface area contributed by atoms with Gasteiger partial charge in [-0.2, -0.15) is 0 Å². The number of nitrogens with zero attached hydrogens (tertiary/aromatic N) is 3. The Labute approximate surface area is 134 Å². The number of piperazine rings is 1. The van der Waals surface area contributed by atoms with Gasteiger partial charge in [-0.15, -0.1) is 0 Å². The predicted molar refractivity (Wildman–Crippen MR) is 88.1 cm³/mol. The number of hydrogen-bond donors (Lipinski definition) is 1. The molecule has 6 nitrogen and oxygen atoms in total. The maximum Gasteiger partial charge on any atom is 0.317 e. The molecule has 2 aliphatic rings. The third kappa shape index (κ3) is 4.83. The topological polar surface area (TPSA) is 48.1 Å². The highest BCUT2D eigenvalue weighted by atomic mass is 16.5. The first-order valence-electron chi connectivity index (χ1n) is 8.48. The molecule has 2 atom stereocenters. The minimum absolute atomic E-state index is 0.0653. The minimum atomic E-state index is 0.0653. The molecule has 0 radical (unpaired) electrons. The Kier molecular flexibility index (Phi) is 6.47. The van der Waals surface area contributed by atoms with Crippen LogP contribution < -0.4 is 5.32 Å². The molecular formula is C16H32N4O2. The van der Waals surface area contributed by atoms with E-state index in [1.54, 1.807) is 0 Å². The molecule has 2 fully saturated rings. The zero-order chi connectivity index (χ0) is 16.1. The van der Waals surface area contributed by atoms with Crippen LogP contribution in [0.15, 0.2) is 0 Å². The van der Waals surface area contributed by atoms with E-state index in [-0.39, 0.29) is 12.1 Å². The molecule has 2 amide bonds. The smallest absolute Gasteiger partial charge is 0.317 e. The average molecular weight is 312 g/mol. The first-order valence-corrected chi connectivity index (χ1v) is 8.48. The fourth-order valence-electron chi connectivity index (χ4n) is 3.29. The third-order valence-electron chi connectivity index (χ3n) is 4.70. The lowest BCUT2D eigenvalue weighted by Crippen LogP contribution is -2.57. The number of urea groups is 1. The SMILES string of the molecule is CC(C)C[C@H]1COCCN1C(=O)NC[C@H]1CN(C)CCN1C. The van der Waals surface area contributed by atoms with Gasteiger partial charge in [-0.3, -0.25) is 4.90 Å². The van der Waals surface area contributed by atoms with Crippen molar-refractivity contribution < 1.29 is 9.53 Å². The molecule has 22 heavy (non-hydrogen) atoms. The fraction of sp³-hybridized carbons (Fsp3) is 0.938. The zero-order valence-electron chi connectivity index (χ0n) is 14.5. The fourth-order valence-corrected chi connectivity index (χ4v) is 3.29. The number of likely N-dealkylation sites (N-methyl/N-ethyl adjacent to an activating group) is 2. The standard InChI is InChI=1S/C16H32N4O2/c1-13(2)9-14-12-22-8-7-20(14)16(21)17-10-15-11-18(3)5-6-19(15)4/h13-15H,5-12H2,1-4H3,(H,17,21)/t14-,15-/m0/s1.